The van der Waals surface area contributed by atoms with Crippen LogP contribution in [0.5, 0.6) is 11.5 Å². The third-order valence-electron chi connectivity index (χ3n) is 4.91. The SMILES string of the molecule is COc1cc(Br)c(CCNC(=O)[C@H]2CCCN(c3cnccn3)C2)cc1OC. The molecule has 0 saturated carbocycles. The number of benzene rings is 1. The molecule has 28 heavy (non-hydrogen) atoms. The highest BCUT2D eigenvalue weighted by molar-refractivity contribution is 9.10. The molecule has 0 bridgehead atoms. The molecule has 0 unspecified atom stereocenters. The van der Waals surface area contributed by atoms with Crippen LogP contribution in [-0.4, -0.2) is 49.7 Å². The molecule has 2 heterocycles. The molecule has 7 nitrogen and oxygen atoms in total. The molecule has 0 radical (unpaired) electrons. The molecule has 2 aromatic rings. The van der Waals surface area contributed by atoms with Gasteiger partial charge in [-0.1, -0.05) is 15.9 Å². The number of nitrogens with zero attached hydrogens (tertiary/aromatic N) is 3. The molecule has 1 aromatic heterocycles. The number of amides is 1. The first kappa shape index (κ1) is 20.4. The Morgan fingerprint density at radius 2 is 2.07 bits per heavy atom. The summed E-state index contributed by atoms with van der Waals surface area (Å²) in [6.45, 7) is 2.14. The molecule has 1 fully saturated rings. The number of anilines is 1. The van der Waals surface area contributed by atoms with Gasteiger partial charge in [0.2, 0.25) is 5.91 Å². The van der Waals surface area contributed by atoms with Gasteiger partial charge in [-0.2, -0.15) is 0 Å². The van der Waals surface area contributed by atoms with E-state index in [2.05, 4.69) is 36.1 Å². The first-order valence-electron chi connectivity index (χ1n) is 9.31. The summed E-state index contributed by atoms with van der Waals surface area (Å²) in [6.07, 6.45) is 7.64. The summed E-state index contributed by atoms with van der Waals surface area (Å²) in [5.74, 6) is 2.23. The van der Waals surface area contributed by atoms with Crippen LogP contribution in [0.3, 0.4) is 0 Å². The van der Waals surface area contributed by atoms with Crippen molar-refractivity contribution >= 4 is 27.7 Å². The summed E-state index contributed by atoms with van der Waals surface area (Å²) in [7, 11) is 3.22. The van der Waals surface area contributed by atoms with Gasteiger partial charge in [0.05, 0.1) is 26.3 Å². The first-order chi connectivity index (χ1) is 13.6. The van der Waals surface area contributed by atoms with Crippen molar-refractivity contribution in [2.75, 3.05) is 38.8 Å². The van der Waals surface area contributed by atoms with E-state index >= 15 is 0 Å². The third-order valence-corrected chi connectivity index (χ3v) is 5.65. The molecular formula is C20H25BrN4O3. The topological polar surface area (TPSA) is 76.6 Å². The van der Waals surface area contributed by atoms with Crippen molar-refractivity contribution in [2.24, 2.45) is 5.92 Å². The van der Waals surface area contributed by atoms with Crippen LogP contribution in [0, 0.1) is 5.92 Å². The van der Waals surface area contributed by atoms with Crippen molar-refractivity contribution in [1.82, 2.24) is 15.3 Å². The monoisotopic (exact) mass is 448 g/mol. The highest BCUT2D eigenvalue weighted by Gasteiger charge is 2.26. The summed E-state index contributed by atoms with van der Waals surface area (Å²) < 4.78 is 11.6. The quantitative estimate of drug-likeness (QED) is 0.701. The number of halogens is 1. The standard InChI is InChI=1S/C20H25BrN4O3/c1-27-17-10-14(16(21)11-18(17)28-2)5-6-24-20(26)15-4-3-9-25(13-15)19-12-22-7-8-23-19/h7-8,10-12,15H,3-6,9,13H2,1-2H3,(H,24,26)/t15-/m0/s1. The molecule has 1 atom stereocenters. The Kier molecular flexibility index (Phi) is 7.08. The highest BCUT2D eigenvalue weighted by atomic mass is 79.9. The lowest BCUT2D eigenvalue weighted by molar-refractivity contribution is -0.125. The molecule has 150 valence electrons. The second-order valence-corrected chi connectivity index (χ2v) is 7.54. The molecule has 1 aliphatic rings. The minimum absolute atomic E-state index is 0.0374. The lowest BCUT2D eigenvalue weighted by Crippen LogP contribution is -2.43. The third kappa shape index (κ3) is 4.92. The van der Waals surface area contributed by atoms with Gasteiger partial charge in [0, 0.05) is 36.5 Å². The van der Waals surface area contributed by atoms with Crippen molar-refractivity contribution in [3.05, 3.63) is 40.8 Å². The van der Waals surface area contributed by atoms with Gasteiger partial charge in [0.25, 0.3) is 0 Å². The van der Waals surface area contributed by atoms with Gasteiger partial charge in [0.15, 0.2) is 11.5 Å². The highest BCUT2D eigenvalue weighted by Crippen LogP contribution is 2.33. The van der Waals surface area contributed by atoms with Crippen molar-refractivity contribution < 1.29 is 14.3 Å². The Labute approximate surface area is 173 Å². The van der Waals surface area contributed by atoms with Crippen LogP contribution in [0.15, 0.2) is 35.2 Å². The van der Waals surface area contributed by atoms with Crippen molar-refractivity contribution in [3.8, 4) is 11.5 Å². The van der Waals surface area contributed by atoms with Gasteiger partial charge in [-0.05, 0) is 37.0 Å². The number of aromatic nitrogens is 2. The maximum absolute atomic E-state index is 12.6. The van der Waals surface area contributed by atoms with E-state index in [1.54, 1.807) is 32.8 Å². The molecule has 8 heteroatoms. The zero-order chi connectivity index (χ0) is 19.9. The number of nitrogens with one attached hydrogen (secondary N) is 1. The van der Waals surface area contributed by atoms with E-state index in [1.807, 2.05) is 12.1 Å². The van der Waals surface area contributed by atoms with E-state index in [4.69, 9.17) is 9.47 Å². The number of carbonyl (C=O) groups is 1. The van der Waals surface area contributed by atoms with Gasteiger partial charge in [-0.25, -0.2) is 4.98 Å². The van der Waals surface area contributed by atoms with Crippen molar-refractivity contribution in [3.63, 3.8) is 0 Å². The number of ether oxygens (including phenoxy) is 2. The van der Waals surface area contributed by atoms with Crippen LogP contribution in [0.1, 0.15) is 18.4 Å². The number of carbonyl (C=O) groups excluding carboxylic acids is 1. The van der Waals surface area contributed by atoms with E-state index in [0.29, 0.717) is 31.0 Å². The normalized spacial score (nSPS) is 16.5. The summed E-state index contributed by atoms with van der Waals surface area (Å²) >= 11 is 3.56. The number of rotatable bonds is 7. The first-order valence-corrected chi connectivity index (χ1v) is 10.1. The van der Waals surface area contributed by atoms with E-state index < -0.39 is 0 Å². The number of piperidine rings is 1. The second kappa shape index (κ2) is 9.73. The molecule has 1 saturated heterocycles. The van der Waals surface area contributed by atoms with E-state index in [-0.39, 0.29) is 11.8 Å². The van der Waals surface area contributed by atoms with Crippen molar-refractivity contribution in [1.29, 1.82) is 0 Å². The maximum Gasteiger partial charge on any atom is 0.224 e. The maximum atomic E-state index is 12.6. The van der Waals surface area contributed by atoms with E-state index in [0.717, 1.165) is 35.2 Å². The van der Waals surface area contributed by atoms with Crippen LogP contribution < -0.4 is 19.7 Å². The van der Waals surface area contributed by atoms with Gasteiger partial charge >= 0.3 is 0 Å². The molecular weight excluding hydrogens is 424 g/mol. The van der Waals surface area contributed by atoms with Crippen LogP contribution in [-0.2, 0) is 11.2 Å². The Morgan fingerprint density at radius 3 is 2.79 bits per heavy atom. The van der Waals surface area contributed by atoms with Crippen LogP contribution in [0.4, 0.5) is 5.82 Å². The van der Waals surface area contributed by atoms with Crippen LogP contribution in [0.2, 0.25) is 0 Å². The fraction of sp³-hybridized carbons (Fsp3) is 0.450. The van der Waals surface area contributed by atoms with E-state index in [9.17, 15) is 4.79 Å². The minimum Gasteiger partial charge on any atom is -0.493 e. The lowest BCUT2D eigenvalue weighted by Gasteiger charge is -2.32. The molecule has 1 aromatic carbocycles. The molecule has 1 aliphatic heterocycles. The van der Waals surface area contributed by atoms with Crippen LogP contribution in [0.25, 0.3) is 0 Å². The minimum atomic E-state index is -0.0374. The summed E-state index contributed by atoms with van der Waals surface area (Å²) in [5, 5.41) is 3.07. The molecule has 0 spiro atoms. The molecule has 1 amide bonds. The molecule has 3 rings (SSSR count). The number of hydrogen-bond donors (Lipinski definition) is 1. The lowest BCUT2D eigenvalue weighted by atomic mass is 9.97. The zero-order valence-electron chi connectivity index (χ0n) is 16.2. The largest absolute Gasteiger partial charge is 0.493 e. The van der Waals surface area contributed by atoms with Crippen molar-refractivity contribution in [2.45, 2.75) is 19.3 Å². The molecule has 1 N–H and O–H groups in total. The Balaban J connectivity index is 1.54. The Hall–Kier alpha value is -2.35. The summed E-state index contributed by atoms with van der Waals surface area (Å²) in [5.41, 5.74) is 1.06. The predicted molar refractivity (Wildman–Crippen MR) is 111 cm³/mol. The van der Waals surface area contributed by atoms with Gasteiger partial charge in [-0.15, -0.1) is 0 Å². The Morgan fingerprint density at radius 1 is 1.29 bits per heavy atom. The van der Waals surface area contributed by atoms with E-state index in [1.165, 1.54) is 0 Å². The molecule has 0 aliphatic carbocycles. The average molecular weight is 449 g/mol. The van der Waals surface area contributed by atoms with Gasteiger partial charge < -0.3 is 19.7 Å². The van der Waals surface area contributed by atoms with Crippen LogP contribution >= 0.6 is 15.9 Å². The fourth-order valence-electron chi connectivity index (χ4n) is 3.41. The predicted octanol–water partition coefficient (Wildman–Crippen LogP) is 2.83. The average Bonchev–Trinajstić information content (AvgIpc) is 2.75. The number of hydrogen-bond acceptors (Lipinski definition) is 6. The smallest absolute Gasteiger partial charge is 0.224 e. The summed E-state index contributed by atoms with van der Waals surface area (Å²) in [4.78, 5) is 23.2. The second-order valence-electron chi connectivity index (χ2n) is 6.69. The van der Waals surface area contributed by atoms with Gasteiger partial charge in [0.1, 0.15) is 5.82 Å². The van der Waals surface area contributed by atoms with Gasteiger partial charge in [-0.3, -0.25) is 9.78 Å². The summed E-state index contributed by atoms with van der Waals surface area (Å²) in [6, 6.07) is 3.82. The Bertz CT molecular complexity index is 804. The zero-order valence-corrected chi connectivity index (χ0v) is 17.7. The fourth-order valence-corrected chi connectivity index (χ4v) is 3.93. The number of methoxy groups -OCH3 is 2.